The molecule has 0 amide bonds. The molecule has 0 unspecified atom stereocenters. The molecule has 1 rings (SSSR count). The van der Waals surface area contributed by atoms with E-state index in [0.717, 1.165) is 5.71 Å². The van der Waals surface area contributed by atoms with E-state index in [2.05, 4.69) is 10.5 Å². The van der Waals surface area contributed by atoms with E-state index >= 15 is 0 Å². The number of hydrazone groups is 1. The fourth-order valence-corrected chi connectivity index (χ4v) is 2.33. The molecule has 1 N–H and O–H groups in total. The molecule has 0 aromatic heterocycles. The van der Waals surface area contributed by atoms with Gasteiger partial charge in [0, 0.05) is 13.5 Å². The van der Waals surface area contributed by atoms with Gasteiger partial charge in [0.2, 0.25) is 0 Å². The van der Waals surface area contributed by atoms with Crippen LogP contribution in [0.1, 0.15) is 6.42 Å². The lowest BCUT2D eigenvalue weighted by Crippen LogP contribution is -2.07. The number of sulfone groups is 1. The monoisotopic (exact) mass is 162 g/mol. The van der Waals surface area contributed by atoms with Gasteiger partial charge in [0.15, 0.2) is 9.84 Å². The van der Waals surface area contributed by atoms with E-state index in [4.69, 9.17) is 0 Å². The number of hydrogen-bond donors (Lipinski definition) is 1. The molecule has 0 aromatic carbocycles. The second-order valence-electron chi connectivity index (χ2n) is 2.24. The second-order valence-corrected chi connectivity index (χ2v) is 4.43. The van der Waals surface area contributed by atoms with Gasteiger partial charge >= 0.3 is 0 Å². The van der Waals surface area contributed by atoms with Crippen LogP contribution in [0.25, 0.3) is 0 Å². The molecule has 1 fully saturated rings. The molecule has 10 heavy (non-hydrogen) atoms. The first kappa shape index (κ1) is 7.53. The third-order valence-corrected chi connectivity index (χ3v) is 2.96. The van der Waals surface area contributed by atoms with Gasteiger partial charge in [0.1, 0.15) is 0 Å². The van der Waals surface area contributed by atoms with Crippen LogP contribution >= 0.6 is 0 Å². The van der Waals surface area contributed by atoms with E-state index in [-0.39, 0.29) is 11.5 Å². The molecule has 5 heteroatoms. The van der Waals surface area contributed by atoms with Crippen molar-refractivity contribution in [3.05, 3.63) is 0 Å². The van der Waals surface area contributed by atoms with E-state index in [1.54, 1.807) is 7.05 Å². The van der Waals surface area contributed by atoms with Crippen LogP contribution in [0.15, 0.2) is 5.10 Å². The van der Waals surface area contributed by atoms with Crippen LogP contribution in [0, 0.1) is 0 Å². The van der Waals surface area contributed by atoms with Gasteiger partial charge in [-0.2, -0.15) is 5.10 Å². The summed E-state index contributed by atoms with van der Waals surface area (Å²) < 4.78 is 21.6. The fraction of sp³-hybridized carbons (Fsp3) is 0.800. The van der Waals surface area contributed by atoms with Crippen LogP contribution in [0.4, 0.5) is 0 Å². The van der Waals surface area contributed by atoms with E-state index in [0.29, 0.717) is 6.42 Å². The highest BCUT2D eigenvalue weighted by Crippen LogP contribution is 2.06. The molecule has 1 heterocycles. The Morgan fingerprint density at radius 1 is 1.60 bits per heavy atom. The first-order valence-electron chi connectivity index (χ1n) is 3.07. The molecule has 1 aliphatic heterocycles. The lowest BCUT2D eigenvalue weighted by molar-refractivity contribution is 0.603. The van der Waals surface area contributed by atoms with Gasteiger partial charge in [-0.3, -0.25) is 0 Å². The fourth-order valence-electron chi connectivity index (χ4n) is 0.918. The van der Waals surface area contributed by atoms with Crippen molar-refractivity contribution in [2.75, 3.05) is 18.6 Å². The molecule has 0 aromatic rings. The standard InChI is InChI=1S/C5H10N2O2S/c1-6-7-5-2-3-10(8,9)4-5/h6H,2-4H2,1H3/b7-5+. The molecule has 1 saturated heterocycles. The Morgan fingerprint density at radius 3 is 2.70 bits per heavy atom. The minimum absolute atomic E-state index is 0.133. The Balaban J connectivity index is 2.69. The summed E-state index contributed by atoms with van der Waals surface area (Å²) in [5.74, 6) is 0.390. The Hall–Kier alpha value is -0.580. The zero-order chi connectivity index (χ0) is 7.61. The molecule has 4 nitrogen and oxygen atoms in total. The van der Waals surface area contributed by atoms with Crippen LogP contribution in [0.5, 0.6) is 0 Å². The minimum Gasteiger partial charge on any atom is -0.313 e. The van der Waals surface area contributed by atoms with Gasteiger partial charge in [-0.25, -0.2) is 8.42 Å². The van der Waals surface area contributed by atoms with E-state index in [1.807, 2.05) is 0 Å². The van der Waals surface area contributed by atoms with E-state index in [9.17, 15) is 8.42 Å². The predicted molar refractivity (Wildman–Crippen MR) is 39.8 cm³/mol. The van der Waals surface area contributed by atoms with Crippen LogP contribution < -0.4 is 5.43 Å². The Morgan fingerprint density at radius 2 is 2.30 bits per heavy atom. The molecule has 0 bridgehead atoms. The van der Waals surface area contributed by atoms with Crippen LogP contribution in [0.3, 0.4) is 0 Å². The molecule has 1 aliphatic rings. The van der Waals surface area contributed by atoms with Gasteiger partial charge in [-0.05, 0) is 0 Å². The van der Waals surface area contributed by atoms with Crippen molar-refractivity contribution in [3.63, 3.8) is 0 Å². The zero-order valence-electron chi connectivity index (χ0n) is 5.79. The summed E-state index contributed by atoms with van der Waals surface area (Å²) in [7, 11) is -1.12. The van der Waals surface area contributed by atoms with Gasteiger partial charge in [-0.15, -0.1) is 0 Å². The predicted octanol–water partition coefficient (Wildman–Crippen LogP) is -0.620. The highest BCUT2D eigenvalue weighted by molar-refractivity contribution is 7.92. The Kier molecular flexibility index (Phi) is 1.94. The number of nitrogens with zero attached hydrogens (tertiary/aromatic N) is 1. The van der Waals surface area contributed by atoms with Crippen molar-refractivity contribution in [2.45, 2.75) is 6.42 Å². The summed E-state index contributed by atoms with van der Waals surface area (Å²) in [6, 6.07) is 0. The third kappa shape index (κ3) is 1.70. The van der Waals surface area contributed by atoms with Crippen LogP contribution in [-0.2, 0) is 9.84 Å². The van der Waals surface area contributed by atoms with Gasteiger partial charge in [0.05, 0.1) is 17.2 Å². The van der Waals surface area contributed by atoms with Crippen molar-refractivity contribution in [1.82, 2.24) is 5.43 Å². The molecule has 0 spiro atoms. The maximum atomic E-state index is 10.8. The summed E-state index contributed by atoms with van der Waals surface area (Å²) in [6.07, 6.45) is 0.586. The largest absolute Gasteiger partial charge is 0.313 e. The summed E-state index contributed by atoms with van der Waals surface area (Å²) in [6.45, 7) is 0. The molecule has 58 valence electrons. The number of hydrogen-bond acceptors (Lipinski definition) is 4. The highest BCUT2D eigenvalue weighted by Gasteiger charge is 2.23. The summed E-state index contributed by atoms with van der Waals surface area (Å²) >= 11 is 0. The molecule has 0 saturated carbocycles. The zero-order valence-corrected chi connectivity index (χ0v) is 6.61. The first-order chi connectivity index (χ1) is 4.64. The number of rotatable bonds is 1. The molecular weight excluding hydrogens is 152 g/mol. The second kappa shape index (κ2) is 2.57. The van der Waals surface area contributed by atoms with Crippen molar-refractivity contribution >= 4 is 15.5 Å². The SMILES string of the molecule is CN/N=C1\CCS(=O)(=O)C1. The average molecular weight is 162 g/mol. The highest BCUT2D eigenvalue weighted by atomic mass is 32.2. The normalized spacial score (nSPS) is 27.1. The maximum absolute atomic E-state index is 10.8. The molecular formula is C5H10N2O2S. The maximum Gasteiger partial charge on any atom is 0.156 e. The van der Waals surface area contributed by atoms with Crippen molar-refractivity contribution < 1.29 is 8.42 Å². The molecule has 0 radical (unpaired) electrons. The summed E-state index contributed by atoms with van der Waals surface area (Å²) in [4.78, 5) is 0. The summed E-state index contributed by atoms with van der Waals surface area (Å²) in [5.41, 5.74) is 3.31. The van der Waals surface area contributed by atoms with E-state index in [1.165, 1.54) is 0 Å². The lowest BCUT2D eigenvalue weighted by atomic mass is 10.3. The van der Waals surface area contributed by atoms with Gasteiger partial charge in [0.25, 0.3) is 0 Å². The molecule has 0 atom stereocenters. The van der Waals surface area contributed by atoms with Crippen LogP contribution in [0.2, 0.25) is 0 Å². The third-order valence-electron chi connectivity index (χ3n) is 1.36. The van der Waals surface area contributed by atoms with Gasteiger partial charge in [-0.1, -0.05) is 0 Å². The summed E-state index contributed by atoms with van der Waals surface area (Å²) in [5, 5.41) is 3.81. The van der Waals surface area contributed by atoms with Crippen molar-refractivity contribution in [2.24, 2.45) is 5.10 Å². The average Bonchev–Trinajstić information content (AvgIpc) is 2.12. The van der Waals surface area contributed by atoms with Crippen molar-refractivity contribution in [1.29, 1.82) is 0 Å². The lowest BCUT2D eigenvalue weighted by Gasteiger charge is -1.90. The van der Waals surface area contributed by atoms with E-state index < -0.39 is 9.84 Å². The first-order valence-corrected chi connectivity index (χ1v) is 4.89. The Bertz CT molecular complexity index is 242. The quantitative estimate of drug-likeness (QED) is 0.523. The Labute approximate surface area is 60.2 Å². The topological polar surface area (TPSA) is 58.5 Å². The van der Waals surface area contributed by atoms with Crippen LogP contribution in [-0.4, -0.2) is 32.7 Å². The smallest absolute Gasteiger partial charge is 0.156 e. The van der Waals surface area contributed by atoms with Crippen molar-refractivity contribution in [3.8, 4) is 0 Å². The minimum atomic E-state index is -2.79. The number of nitrogens with one attached hydrogen (secondary N) is 1. The molecule has 0 aliphatic carbocycles. The van der Waals surface area contributed by atoms with Gasteiger partial charge < -0.3 is 5.43 Å².